The lowest BCUT2D eigenvalue weighted by Crippen LogP contribution is -2.15. The molecule has 2 N–H and O–H groups in total. The number of ether oxygens (including phenoxy) is 1. The number of carbonyl (C=O) groups is 1. The number of H-pyrrole nitrogens is 1. The summed E-state index contributed by atoms with van der Waals surface area (Å²) >= 11 is 0. The first-order valence-corrected chi connectivity index (χ1v) is 7.31. The van der Waals surface area contributed by atoms with Crippen LogP contribution in [0.2, 0.25) is 0 Å². The van der Waals surface area contributed by atoms with E-state index < -0.39 is 6.43 Å². The van der Waals surface area contributed by atoms with Crippen molar-refractivity contribution in [3.63, 3.8) is 0 Å². The topological polar surface area (TPSA) is 67.0 Å². The average Bonchev–Trinajstić information content (AvgIpc) is 3.14. The summed E-state index contributed by atoms with van der Waals surface area (Å²) in [6.07, 6.45) is 0.673. The van der Waals surface area contributed by atoms with Crippen molar-refractivity contribution >= 4 is 22.6 Å². The van der Waals surface area contributed by atoms with Gasteiger partial charge in [-0.2, -0.15) is 0 Å². The summed E-state index contributed by atoms with van der Waals surface area (Å²) in [4.78, 5) is 18.2. The van der Waals surface area contributed by atoms with Crippen molar-refractivity contribution in [2.75, 3.05) is 11.9 Å². The Hall–Kier alpha value is -2.02. The van der Waals surface area contributed by atoms with E-state index in [-0.39, 0.29) is 17.8 Å². The van der Waals surface area contributed by atoms with E-state index in [1.165, 1.54) is 0 Å². The Balaban J connectivity index is 1.61. The molecule has 3 rings (SSSR count). The third kappa shape index (κ3) is 3.41. The van der Waals surface area contributed by atoms with Gasteiger partial charge in [0.25, 0.3) is 6.43 Å². The Bertz CT molecular complexity index is 666. The maximum Gasteiger partial charge on any atom is 0.295 e. The Labute approximate surface area is 126 Å². The van der Waals surface area contributed by atoms with Crippen LogP contribution in [0.15, 0.2) is 18.2 Å². The second-order valence-corrected chi connectivity index (χ2v) is 5.38. The number of benzene rings is 1. The molecule has 0 unspecified atom stereocenters. The van der Waals surface area contributed by atoms with E-state index >= 15 is 0 Å². The zero-order chi connectivity index (χ0) is 15.5. The van der Waals surface area contributed by atoms with Gasteiger partial charge >= 0.3 is 0 Å². The van der Waals surface area contributed by atoms with Gasteiger partial charge in [0.1, 0.15) is 0 Å². The number of nitrogens with zero attached hydrogens (tertiary/aromatic N) is 1. The molecule has 1 atom stereocenters. The molecular formula is C15H17F2N3O2. The summed E-state index contributed by atoms with van der Waals surface area (Å²) in [6.45, 7) is 0.773. The normalized spacial score (nSPS) is 18.2. The first kappa shape index (κ1) is 14.9. The lowest BCUT2D eigenvalue weighted by Gasteiger charge is -2.09. The highest BCUT2D eigenvalue weighted by Crippen LogP contribution is 2.23. The number of nitrogens with one attached hydrogen (secondary N) is 2. The highest BCUT2D eigenvalue weighted by atomic mass is 19.3. The SMILES string of the molecule is O=C(CC[C@H]1CCCO1)Nc1ccc2nc(C(F)F)[nH]c2c1. The summed E-state index contributed by atoms with van der Waals surface area (Å²) in [7, 11) is 0. The van der Waals surface area contributed by atoms with Crippen LogP contribution in [0.25, 0.3) is 11.0 Å². The van der Waals surface area contributed by atoms with Crippen molar-refractivity contribution in [2.24, 2.45) is 0 Å². The number of halogens is 2. The van der Waals surface area contributed by atoms with Crippen LogP contribution in [0.1, 0.15) is 37.9 Å². The van der Waals surface area contributed by atoms with Crippen LogP contribution >= 0.6 is 0 Å². The van der Waals surface area contributed by atoms with Gasteiger partial charge in [0.2, 0.25) is 5.91 Å². The van der Waals surface area contributed by atoms with Gasteiger partial charge in [0, 0.05) is 18.7 Å². The number of imidazole rings is 1. The molecule has 5 nitrogen and oxygen atoms in total. The molecule has 0 spiro atoms. The second-order valence-electron chi connectivity index (χ2n) is 5.38. The molecule has 1 aromatic carbocycles. The van der Waals surface area contributed by atoms with Crippen molar-refractivity contribution in [3.8, 4) is 0 Å². The van der Waals surface area contributed by atoms with E-state index in [0.717, 1.165) is 19.4 Å². The fourth-order valence-electron chi connectivity index (χ4n) is 2.60. The van der Waals surface area contributed by atoms with Crippen molar-refractivity contribution in [1.29, 1.82) is 0 Å². The van der Waals surface area contributed by atoms with Gasteiger partial charge in [-0.25, -0.2) is 13.8 Å². The molecule has 0 saturated carbocycles. The van der Waals surface area contributed by atoms with Crippen LogP contribution in [-0.4, -0.2) is 28.6 Å². The van der Waals surface area contributed by atoms with E-state index in [1.54, 1.807) is 18.2 Å². The zero-order valence-corrected chi connectivity index (χ0v) is 11.9. The van der Waals surface area contributed by atoms with E-state index in [0.29, 0.717) is 29.6 Å². The molecule has 1 fully saturated rings. The van der Waals surface area contributed by atoms with Crippen molar-refractivity contribution in [1.82, 2.24) is 9.97 Å². The van der Waals surface area contributed by atoms with E-state index in [9.17, 15) is 13.6 Å². The van der Waals surface area contributed by atoms with Crippen molar-refractivity contribution in [3.05, 3.63) is 24.0 Å². The Kier molecular flexibility index (Phi) is 4.33. The number of anilines is 1. The molecular weight excluding hydrogens is 292 g/mol. The largest absolute Gasteiger partial charge is 0.378 e. The molecule has 118 valence electrons. The van der Waals surface area contributed by atoms with Crippen LogP contribution in [0.3, 0.4) is 0 Å². The number of rotatable bonds is 5. The van der Waals surface area contributed by atoms with Crippen molar-refractivity contribution < 1.29 is 18.3 Å². The summed E-state index contributed by atoms with van der Waals surface area (Å²) in [5, 5.41) is 2.77. The van der Waals surface area contributed by atoms with E-state index in [1.807, 2.05) is 0 Å². The number of aromatic nitrogens is 2. The number of hydrogen-bond acceptors (Lipinski definition) is 3. The van der Waals surface area contributed by atoms with Crippen LogP contribution in [-0.2, 0) is 9.53 Å². The van der Waals surface area contributed by atoms with Gasteiger partial charge in [0.05, 0.1) is 17.1 Å². The maximum atomic E-state index is 12.6. The number of hydrogen-bond donors (Lipinski definition) is 2. The summed E-state index contributed by atoms with van der Waals surface area (Å²) < 4.78 is 30.6. The minimum Gasteiger partial charge on any atom is -0.378 e. The minimum atomic E-state index is -2.64. The zero-order valence-electron chi connectivity index (χ0n) is 11.9. The highest BCUT2D eigenvalue weighted by Gasteiger charge is 2.17. The molecule has 2 heterocycles. The van der Waals surface area contributed by atoms with Crippen LogP contribution in [0, 0.1) is 0 Å². The molecule has 1 aromatic heterocycles. The Morgan fingerprint density at radius 1 is 1.50 bits per heavy atom. The van der Waals surface area contributed by atoms with Gasteiger partial charge in [0.15, 0.2) is 5.82 Å². The van der Waals surface area contributed by atoms with Gasteiger partial charge in [-0.15, -0.1) is 0 Å². The number of alkyl halides is 2. The quantitative estimate of drug-likeness (QED) is 0.889. The molecule has 1 saturated heterocycles. The molecule has 1 aliphatic heterocycles. The summed E-state index contributed by atoms with van der Waals surface area (Å²) in [5.41, 5.74) is 1.49. The summed E-state index contributed by atoms with van der Waals surface area (Å²) in [6, 6.07) is 4.87. The molecule has 0 aliphatic carbocycles. The van der Waals surface area contributed by atoms with E-state index in [4.69, 9.17) is 4.74 Å². The molecule has 2 aromatic rings. The Morgan fingerprint density at radius 3 is 3.09 bits per heavy atom. The summed E-state index contributed by atoms with van der Waals surface area (Å²) in [5.74, 6) is -0.472. The second kappa shape index (κ2) is 6.39. The third-order valence-corrected chi connectivity index (χ3v) is 3.71. The predicted octanol–water partition coefficient (Wildman–Crippen LogP) is 3.40. The number of aromatic amines is 1. The van der Waals surface area contributed by atoms with Crippen LogP contribution in [0.4, 0.5) is 14.5 Å². The molecule has 1 aliphatic rings. The first-order valence-electron chi connectivity index (χ1n) is 7.31. The lowest BCUT2D eigenvalue weighted by atomic mass is 10.1. The molecule has 7 heteroatoms. The number of amides is 1. The predicted molar refractivity (Wildman–Crippen MR) is 77.9 cm³/mol. The third-order valence-electron chi connectivity index (χ3n) is 3.71. The minimum absolute atomic E-state index is 0.108. The molecule has 22 heavy (non-hydrogen) atoms. The molecule has 0 bridgehead atoms. The van der Waals surface area contributed by atoms with Gasteiger partial charge in [-0.05, 0) is 37.5 Å². The van der Waals surface area contributed by atoms with Crippen LogP contribution in [0.5, 0.6) is 0 Å². The number of fused-ring (bicyclic) bond motifs is 1. The smallest absolute Gasteiger partial charge is 0.295 e. The highest BCUT2D eigenvalue weighted by molar-refractivity contribution is 5.93. The fraction of sp³-hybridized carbons (Fsp3) is 0.467. The first-order chi connectivity index (χ1) is 10.6. The van der Waals surface area contributed by atoms with E-state index in [2.05, 4.69) is 15.3 Å². The number of carbonyl (C=O) groups excluding carboxylic acids is 1. The monoisotopic (exact) mass is 309 g/mol. The maximum absolute atomic E-state index is 12.6. The van der Waals surface area contributed by atoms with Gasteiger partial charge in [-0.1, -0.05) is 0 Å². The van der Waals surface area contributed by atoms with Gasteiger partial charge < -0.3 is 15.0 Å². The molecule has 0 radical (unpaired) electrons. The average molecular weight is 309 g/mol. The van der Waals surface area contributed by atoms with Gasteiger partial charge in [-0.3, -0.25) is 4.79 Å². The Morgan fingerprint density at radius 2 is 2.36 bits per heavy atom. The lowest BCUT2D eigenvalue weighted by molar-refractivity contribution is -0.116. The van der Waals surface area contributed by atoms with Crippen LogP contribution < -0.4 is 5.32 Å². The fourth-order valence-corrected chi connectivity index (χ4v) is 2.60. The van der Waals surface area contributed by atoms with Crippen molar-refractivity contribution in [2.45, 2.75) is 38.2 Å². The molecule has 1 amide bonds. The standard InChI is InChI=1S/C15H17F2N3O2/c16-14(17)15-19-11-5-3-9(8-12(11)20-15)18-13(21)6-4-10-2-1-7-22-10/h3,5,8,10,14H,1-2,4,6-7H2,(H,18,21)(H,19,20)/t10-/m1/s1.